The van der Waals surface area contributed by atoms with Crippen molar-refractivity contribution in [3.8, 4) is 0 Å². The first-order chi connectivity index (χ1) is 5.74. The van der Waals surface area contributed by atoms with Gasteiger partial charge in [0.25, 0.3) is 5.82 Å². The minimum atomic E-state index is -0.349. The summed E-state index contributed by atoms with van der Waals surface area (Å²) in [4.78, 5) is 13.8. The van der Waals surface area contributed by atoms with Gasteiger partial charge in [-0.25, -0.2) is 9.78 Å². The van der Waals surface area contributed by atoms with Gasteiger partial charge in [-0.1, -0.05) is 0 Å². The predicted molar refractivity (Wildman–Crippen MR) is 43.4 cm³/mol. The molecule has 0 atom stereocenters. The third-order valence-corrected chi connectivity index (χ3v) is 1.34. The van der Waals surface area contributed by atoms with Crippen LogP contribution < -0.4 is 10.7 Å². The Balaban J connectivity index is 2.81. The number of aromatic amines is 1. The number of rotatable bonds is 2. The van der Waals surface area contributed by atoms with Gasteiger partial charge < -0.3 is 4.74 Å². The minimum absolute atomic E-state index is 0.349. The van der Waals surface area contributed by atoms with Gasteiger partial charge in [-0.15, -0.1) is 0 Å². The lowest BCUT2D eigenvalue weighted by Gasteiger charge is -1.99. The molecule has 1 rings (SSSR count). The van der Waals surface area contributed by atoms with Crippen molar-refractivity contribution in [1.82, 2.24) is 0 Å². The predicted octanol–water partition coefficient (Wildman–Crippen LogP) is 0.260. The van der Waals surface area contributed by atoms with Crippen molar-refractivity contribution < 1.29 is 14.5 Å². The number of pyridine rings is 1. The molecule has 4 heteroatoms. The number of anilines is 1. The Morgan fingerprint density at radius 1 is 1.75 bits per heavy atom. The summed E-state index contributed by atoms with van der Waals surface area (Å²) in [6, 6.07) is 3.16. The van der Waals surface area contributed by atoms with Crippen LogP contribution >= 0.6 is 0 Å². The van der Waals surface area contributed by atoms with Gasteiger partial charge in [0.15, 0.2) is 0 Å². The van der Waals surface area contributed by atoms with Crippen LogP contribution in [0.2, 0.25) is 0 Å². The van der Waals surface area contributed by atoms with Crippen LogP contribution in [-0.4, -0.2) is 12.6 Å². The maximum Gasteiger partial charge on any atom is 0.338 e. The number of carbonyl (C=O) groups excluding carboxylic acids is 1. The summed E-state index contributed by atoms with van der Waals surface area (Å²) in [7, 11) is 0. The first-order valence-corrected chi connectivity index (χ1v) is 3.68. The Kier molecular flexibility index (Phi) is 2.63. The average molecular weight is 167 g/mol. The molecule has 12 heavy (non-hydrogen) atoms. The summed E-state index contributed by atoms with van der Waals surface area (Å²) < 4.78 is 4.77. The number of carbonyl (C=O) groups is 1. The quantitative estimate of drug-likeness (QED) is 0.642. The largest absolute Gasteiger partial charge is 0.462 e. The second kappa shape index (κ2) is 3.71. The summed E-state index contributed by atoms with van der Waals surface area (Å²) in [6.45, 7) is 2.13. The van der Waals surface area contributed by atoms with Gasteiger partial charge in [-0.05, 0) is 13.0 Å². The fourth-order valence-corrected chi connectivity index (χ4v) is 0.826. The maximum absolute atomic E-state index is 11.1. The van der Waals surface area contributed by atoms with Crippen LogP contribution in [0.5, 0.6) is 0 Å². The fourth-order valence-electron chi connectivity index (χ4n) is 0.826. The molecule has 64 valence electrons. The van der Waals surface area contributed by atoms with Gasteiger partial charge in [0.2, 0.25) is 0 Å². The number of nitrogens with two attached hydrogens (primary N) is 1. The zero-order valence-electron chi connectivity index (χ0n) is 6.83. The molecule has 0 amide bonds. The molecule has 0 unspecified atom stereocenters. The lowest BCUT2D eigenvalue weighted by molar-refractivity contribution is -0.360. The van der Waals surface area contributed by atoms with Crippen molar-refractivity contribution in [2.45, 2.75) is 6.92 Å². The Bertz CT molecular complexity index is 286. The molecule has 1 aromatic heterocycles. The number of hydrogen-bond donors (Lipinski definition) is 1. The first kappa shape index (κ1) is 8.52. The van der Waals surface area contributed by atoms with E-state index in [0.29, 0.717) is 18.0 Å². The summed E-state index contributed by atoms with van der Waals surface area (Å²) in [6.07, 6.45) is 1.60. The molecule has 0 radical (unpaired) electrons. The number of nitrogens with one attached hydrogen (secondary N) is 1. The molecule has 0 bridgehead atoms. The molecule has 0 saturated heterocycles. The fraction of sp³-hybridized carbons (Fsp3) is 0.250. The molecule has 3 N–H and O–H groups in total. The second-order valence-corrected chi connectivity index (χ2v) is 2.25. The SMILES string of the molecule is CCOC(=O)c1cc[nH+]c(N)c1. The molecule has 0 fully saturated rings. The van der Waals surface area contributed by atoms with Crippen LogP contribution in [0, 0.1) is 0 Å². The highest BCUT2D eigenvalue weighted by Crippen LogP contribution is 2.01. The third kappa shape index (κ3) is 1.95. The van der Waals surface area contributed by atoms with E-state index in [9.17, 15) is 4.79 Å². The minimum Gasteiger partial charge on any atom is -0.462 e. The van der Waals surface area contributed by atoms with Crippen molar-refractivity contribution >= 4 is 11.8 Å². The molecule has 0 aromatic carbocycles. The molecule has 0 saturated carbocycles. The van der Waals surface area contributed by atoms with Crippen molar-refractivity contribution in [3.63, 3.8) is 0 Å². The summed E-state index contributed by atoms with van der Waals surface area (Å²) >= 11 is 0. The van der Waals surface area contributed by atoms with E-state index in [1.54, 1.807) is 19.2 Å². The maximum atomic E-state index is 11.1. The molecule has 1 aromatic rings. The standard InChI is InChI=1S/C8H10N2O2/c1-2-12-8(11)6-3-4-10-7(9)5-6/h3-5H,2H2,1H3,(H2,9,10)/p+1. The topological polar surface area (TPSA) is 66.5 Å². The monoisotopic (exact) mass is 167 g/mol. The van der Waals surface area contributed by atoms with Gasteiger partial charge >= 0.3 is 5.97 Å². The van der Waals surface area contributed by atoms with Crippen LogP contribution in [-0.2, 0) is 4.74 Å². The van der Waals surface area contributed by atoms with Gasteiger partial charge in [0.05, 0.1) is 18.4 Å². The summed E-state index contributed by atoms with van der Waals surface area (Å²) in [5.41, 5.74) is 5.90. The normalized spacial score (nSPS) is 9.42. The van der Waals surface area contributed by atoms with Crippen molar-refractivity contribution in [1.29, 1.82) is 0 Å². The lowest BCUT2D eigenvalue weighted by Crippen LogP contribution is -2.12. The second-order valence-electron chi connectivity index (χ2n) is 2.25. The highest BCUT2D eigenvalue weighted by Gasteiger charge is 2.07. The molecule has 1 heterocycles. The Hall–Kier alpha value is -1.58. The smallest absolute Gasteiger partial charge is 0.338 e. The van der Waals surface area contributed by atoms with Crippen LogP contribution in [0.4, 0.5) is 5.82 Å². The molecular weight excluding hydrogens is 156 g/mol. The van der Waals surface area contributed by atoms with E-state index in [1.165, 1.54) is 6.07 Å². The van der Waals surface area contributed by atoms with Crippen LogP contribution in [0.1, 0.15) is 17.3 Å². The number of nitrogen functional groups attached to an aromatic ring is 1. The number of esters is 1. The first-order valence-electron chi connectivity index (χ1n) is 3.68. The van der Waals surface area contributed by atoms with Crippen LogP contribution in [0.3, 0.4) is 0 Å². The zero-order chi connectivity index (χ0) is 8.97. The van der Waals surface area contributed by atoms with Crippen LogP contribution in [0.25, 0.3) is 0 Å². The highest BCUT2D eigenvalue weighted by molar-refractivity contribution is 5.89. The van der Waals surface area contributed by atoms with E-state index in [4.69, 9.17) is 10.5 Å². The van der Waals surface area contributed by atoms with Crippen LogP contribution in [0.15, 0.2) is 18.3 Å². The molecule has 0 spiro atoms. The molecular formula is C8H11N2O2+. The lowest BCUT2D eigenvalue weighted by atomic mass is 10.3. The molecule has 0 aliphatic rings. The molecule has 4 nitrogen and oxygen atoms in total. The van der Waals surface area contributed by atoms with E-state index >= 15 is 0 Å². The van der Waals surface area contributed by atoms with Gasteiger partial charge in [-0.2, -0.15) is 0 Å². The number of aromatic nitrogens is 1. The Morgan fingerprint density at radius 2 is 2.50 bits per heavy atom. The Morgan fingerprint density at radius 3 is 3.08 bits per heavy atom. The van der Waals surface area contributed by atoms with E-state index in [-0.39, 0.29) is 5.97 Å². The zero-order valence-corrected chi connectivity index (χ0v) is 6.83. The third-order valence-electron chi connectivity index (χ3n) is 1.34. The summed E-state index contributed by atoms with van der Waals surface area (Å²) in [5, 5.41) is 0. The van der Waals surface area contributed by atoms with Gasteiger partial charge in [0, 0.05) is 6.07 Å². The Labute approximate surface area is 70.4 Å². The number of H-pyrrole nitrogens is 1. The van der Waals surface area contributed by atoms with E-state index < -0.39 is 0 Å². The van der Waals surface area contributed by atoms with Gasteiger partial charge in [-0.3, -0.25) is 5.73 Å². The highest BCUT2D eigenvalue weighted by atomic mass is 16.5. The molecule has 0 aliphatic carbocycles. The average Bonchev–Trinajstić information content (AvgIpc) is 2.05. The molecule has 0 aliphatic heterocycles. The van der Waals surface area contributed by atoms with Gasteiger partial charge in [0.1, 0.15) is 0 Å². The summed E-state index contributed by atoms with van der Waals surface area (Å²) in [5.74, 6) is 0.0961. The van der Waals surface area contributed by atoms with E-state index in [0.717, 1.165) is 0 Å². The van der Waals surface area contributed by atoms with E-state index in [1.807, 2.05) is 0 Å². The van der Waals surface area contributed by atoms with Crippen molar-refractivity contribution in [2.75, 3.05) is 12.3 Å². The number of hydrogen-bond acceptors (Lipinski definition) is 3. The number of ether oxygens (including phenoxy) is 1. The van der Waals surface area contributed by atoms with Crippen molar-refractivity contribution in [2.24, 2.45) is 0 Å². The van der Waals surface area contributed by atoms with Crippen molar-refractivity contribution in [3.05, 3.63) is 23.9 Å². The van der Waals surface area contributed by atoms with E-state index in [2.05, 4.69) is 4.98 Å².